The first-order valence-corrected chi connectivity index (χ1v) is 1.69. The van der Waals surface area contributed by atoms with Gasteiger partial charge in [-0.3, -0.25) is 4.79 Å². The normalized spacial score (nSPS) is 7.22. The summed E-state index contributed by atoms with van der Waals surface area (Å²) >= 11 is 0. The molecule has 0 saturated heterocycles. The number of rotatable bonds is 1. The second kappa shape index (κ2) is 6.03. The van der Waals surface area contributed by atoms with Gasteiger partial charge in [0.1, 0.15) is 6.61 Å². The van der Waals surface area contributed by atoms with Gasteiger partial charge in [0.2, 0.25) is 0 Å². The van der Waals surface area contributed by atoms with Crippen LogP contribution in [0.15, 0.2) is 0 Å². The van der Waals surface area contributed by atoms with E-state index in [2.05, 4.69) is 4.74 Å². The minimum Gasteiger partial charge on any atom is -0.482 e. The van der Waals surface area contributed by atoms with Crippen molar-refractivity contribution in [2.45, 2.75) is 0 Å². The molecule has 0 radical (unpaired) electrons. The van der Waals surface area contributed by atoms with Gasteiger partial charge in [-0.05, 0) is 0 Å². The molecule has 0 aliphatic rings. The van der Waals surface area contributed by atoms with E-state index in [1.54, 1.807) is 0 Å². The van der Waals surface area contributed by atoms with E-state index in [4.69, 9.17) is 5.11 Å². The summed E-state index contributed by atoms with van der Waals surface area (Å²) in [5.41, 5.74) is 0. The molecule has 0 rings (SSSR count). The Labute approximate surface area is 72.9 Å². The molecule has 0 spiro atoms. The van der Waals surface area contributed by atoms with Crippen molar-refractivity contribution in [2.75, 3.05) is 6.61 Å². The van der Waals surface area contributed by atoms with Crippen LogP contribution < -0.4 is 34.7 Å². The maximum absolute atomic E-state index is 9.73. The molecule has 0 heterocycles. The molecular weight excluding hydrogens is 139 g/mol. The number of aliphatic hydroxyl groups excluding tert-OH is 1. The first kappa shape index (κ1) is 11.7. The summed E-state index contributed by atoms with van der Waals surface area (Å²) in [5.74, 6) is -1.23. The van der Waals surface area contributed by atoms with Crippen molar-refractivity contribution in [3.8, 4) is 0 Å². The first-order valence-electron chi connectivity index (χ1n) is 1.69. The zero-order valence-electron chi connectivity index (χ0n) is 4.79. The number of aliphatic hydroxyl groups is 1. The largest absolute Gasteiger partial charge is 1.00 e. The minimum absolute atomic E-state index is 0. The molecule has 0 bridgehead atoms. The summed E-state index contributed by atoms with van der Waals surface area (Å²) in [6, 6.07) is 0. The number of hydrogen-bond donors (Lipinski definition) is 1. The molecule has 0 saturated carbocycles. The molecule has 0 aromatic heterocycles. The molecule has 0 aliphatic heterocycles. The number of hydrogen-bond acceptors (Lipinski definition) is 5. The summed E-state index contributed by atoms with van der Waals surface area (Å²) in [7, 11) is 0. The van der Waals surface area contributed by atoms with Crippen molar-refractivity contribution in [3.63, 3.8) is 0 Å². The monoisotopic (exact) mass is 142 g/mol. The standard InChI is InChI=1S/C3H4O5.Na/c4-1-2(5)8-3(6)7;/h4H,1H2,(H,6,7);/q;+1/p-1. The molecule has 0 amide bonds. The quantitative estimate of drug-likeness (QED) is 0.225. The maximum atomic E-state index is 9.73. The third kappa shape index (κ3) is 7.90. The van der Waals surface area contributed by atoms with Crippen molar-refractivity contribution < 1.29 is 54.1 Å². The van der Waals surface area contributed by atoms with Crippen LogP contribution in [0.25, 0.3) is 0 Å². The van der Waals surface area contributed by atoms with Crippen molar-refractivity contribution in [1.29, 1.82) is 0 Å². The van der Waals surface area contributed by atoms with Gasteiger partial charge in [-0.1, -0.05) is 0 Å². The number of carboxylic acid groups (broad SMARTS) is 1. The van der Waals surface area contributed by atoms with Crippen LogP contribution in [0.4, 0.5) is 4.79 Å². The van der Waals surface area contributed by atoms with Gasteiger partial charge in [-0.25, -0.2) is 0 Å². The average Bonchev–Trinajstić information content (AvgIpc) is 1.65. The molecule has 46 valence electrons. The number of carbonyl (C=O) groups is 2. The van der Waals surface area contributed by atoms with Gasteiger partial charge in [0.05, 0.1) is 0 Å². The molecule has 0 fully saturated rings. The third-order valence-corrected chi connectivity index (χ3v) is 0.326. The first-order chi connectivity index (χ1) is 3.66. The molecule has 6 heteroatoms. The van der Waals surface area contributed by atoms with E-state index in [0.29, 0.717) is 0 Å². The molecule has 0 aromatic rings. The zero-order chi connectivity index (χ0) is 6.57. The number of carbonyl (C=O) groups excluding carboxylic acids is 2. The molecular formula is C3H3NaO5. The molecule has 1 N–H and O–H groups in total. The van der Waals surface area contributed by atoms with Gasteiger partial charge in [0, 0.05) is 0 Å². The maximum Gasteiger partial charge on any atom is 1.00 e. The Balaban J connectivity index is 0. The summed E-state index contributed by atoms with van der Waals surface area (Å²) in [6.45, 7) is -0.950. The Morgan fingerprint density at radius 3 is 2.11 bits per heavy atom. The topological polar surface area (TPSA) is 86.7 Å². The van der Waals surface area contributed by atoms with E-state index in [1.807, 2.05) is 0 Å². The van der Waals surface area contributed by atoms with Gasteiger partial charge in [0.25, 0.3) is 12.1 Å². The summed E-state index contributed by atoms with van der Waals surface area (Å²) in [4.78, 5) is 19.0. The summed E-state index contributed by atoms with van der Waals surface area (Å²) in [5, 5.41) is 17.1. The molecule has 5 nitrogen and oxygen atoms in total. The van der Waals surface area contributed by atoms with Crippen LogP contribution in [-0.2, 0) is 9.53 Å². The molecule has 0 aliphatic carbocycles. The zero-order valence-corrected chi connectivity index (χ0v) is 6.79. The Bertz CT molecular complexity index is 111. The Hall–Kier alpha value is -0.100. The smallest absolute Gasteiger partial charge is 0.482 e. The molecule has 0 aromatic carbocycles. The van der Waals surface area contributed by atoms with E-state index >= 15 is 0 Å². The van der Waals surface area contributed by atoms with Crippen molar-refractivity contribution in [1.82, 2.24) is 0 Å². The molecule has 0 atom stereocenters. The van der Waals surface area contributed by atoms with Crippen molar-refractivity contribution >= 4 is 12.1 Å². The number of ether oxygens (including phenoxy) is 1. The fourth-order valence-corrected chi connectivity index (χ4v) is 0.125. The van der Waals surface area contributed by atoms with Gasteiger partial charge in [-0.15, -0.1) is 0 Å². The van der Waals surface area contributed by atoms with Crippen LogP contribution >= 0.6 is 0 Å². The third-order valence-electron chi connectivity index (χ3n) is 0.326. The van der Waals surface area contributed by atoms with Gasteiger partial charge in [0.15, 0.2) is 0 Å². The second-order valence-electron chi connectivity index (χ2n) is 0.882. The van der Waals surface area contributed by atoms with Gasteiger partial charge < -0.3 is 19.7 Å². The minimum atomic E-state index is -1.95. The number of esters is 1. The second-order valence-corrected chi connectivity index (χ2v) is 0.882. The van der Waals surface area contributed by atoms with Crippen LogP contribution in [0.1, 0.15) is 0 Å². The van der Waals surface area contributed by atoms with Gasteiger partial charge in [-0.2, -0.15) is 0 Å². The average molecular weight is 142 g/mol. The van der Waals surface area contributed by atoms with Crippen LogP contribution in [0.2, 0.25) is 0 Å². The van der Waals surface area contributed by atoms with E-state index in [0.717, 1.165) is 0 Å². The van der Waals surface area contributed by atoms with Crippen molar-refractivity contribution in [3.05, 3.63) is 0 Å². The van der Waals surface area contributed by atoms with Crippen molar-refractivity contribution in [2.24, 2.45) is 0 Å². The van der Waals surface area contributed by atoms with E-state index in [-0.39, 0.29) is 29.6 Å². The molecule has 9 heavy (non-hydrogen) atoms. The van der Waals surface area contributed by atoms with Crippen LogP contribution in [0.5, 0.6) is 0 Å². The predicted octanol–water partition coefficient (Wildman–Crippen LogP) is -5.13. The summed E-state index contributed by atoms with van der Waals surface area (Å²) in [6.07, 6.45) is -1.95. The fourth-order valence-electron chi connectivity index (χ4n) is 0.125. The summed E-state index contributed by atoms with van der Waals surface area (Å²) < 4.78 is 3.32. The predicted molar refractivity (Wildman–Crippen MR) is 18.6 cm³/mol. The van der Waals surface area contributed by atoms with Gasteiger partial charge >= 0.3 is 29.6 Å². The van der Waals surface area contributed by atoms with Crippen LogP contribution in [0.3, 0.4) is 0 Å². The fraction of sp³-hybridized carbons (Fsp3) is 0.333. The van der Waals surface area contributed by atoms with Crippen LogP contribution in [0, 0.1) is 0 Å². The van der Waals surface area contributed by atoms with E-state index in [9.17, 15) is 14.7 Å². The Morgan fingerprint density at radius 2 is 2.00 bits per heavy atom. The SMILES string of the molecule is O=C([O-])OC(=O)CO.[Na+]. The Kier molecular flexibility index (Phi) is 7.81. The van der Waals surface area contributed by atoms with E-state index in [1.165, 1.54) is 0 Å². The van der Waals surface area contributed by atoms with Crippen LogP contribution in [-0.4, -0.2) is 23.8 Å². The Morgan fingerprint density at radius 1 is 1.56 bits per heavy atom. The van der Waals surface area contributed by atoms with E-state index < -0.39 is 18.7 Å². The molecule has 0 unspecified atom stereocenters.